The van der Waals surface area contributed by atoms with Gasteiger partial charge in [-0.05, 0) is 36.4 Å². The average Bonchev–Trinajstić information content (AvgIpc) is 2.65. The summed E-state index contributed by atoms with van der Waals surface area (Å²) in [4.78, 5) is 0. The molecule has 0 aliphatic carbocycles. The van der Waals surface area contributed by atoms with Crippen molar-refractivity contribution in [1.29, 1.82) is 0 Å². The number of hydrogen-bond donors (Lipinski definition) is 0. The number of halogens is 2. The standard InChI is InChI=1S/C20H24Br2O5/c21-17-3-1-5-19(15-17)26-13-11-24-9-7-23-8-10-25-12-14-27-20-6-2-4-18(22)16-20/h1-6,15-16H,7-14H2. The molecule has 2 rings (SSSR count). The Bertz CT molecular complexity index is 598. The van der Waals surface area contributed by atoms with Crippen LogP contribution >= 0.6 is 31.9 Å². The van der Waals surface area contributed by atoms with Crippen molar-refractivity contribution >= 4 is 31.9 Å². The van der Waals surface area contributed by atoms with Crippen LogP contribution < -0.4 is 9.47 Å². The second-order valence-corrected chi connectivity index (χ2v) is 7.28. The SMILES string of the molecule is Brc1cccc(OCCOCCOCCOCCOc2cccc(Br)c2)c1. The molecule has 0 radical (unpaired) electrons. The van der Waals surface area contributed by atoms with Gasteiger partial charge in [0, 0.05) is 8.95 Å². The topological polar surface area (TPSA) is 46.2 Å². The molecule has 2 aromatic rings. The minimum atomic E-state index is 0.511. The van der Waals surface area contributed by atoms with Gasteiger partial charge in [0.05, 0.1) is 39.6 Å². The van der Waals surface area contributed by atoms with E-state index in [0.717, 1.165) is 20.4 Å². The van der Waals surface area contributed by atoms with E-state index in [1.165, 1.54) is 0 Å². The van der Waals surface area contributed by atoms with Crippen molar-refractivity contribution in [2.75, 3.05) is 52.9 Å². The van der Waals surface area contributed by atoms with Gasteiger partial charge in [0.25, 0.3) is 0 Å². The largest absolute Gasteiger partial charge is 0.491 e. The first kappa shape index (κ1) is 22.2. The highest BCUT2D eigenvalue weighted by Crippen LogP contribution is 2.18. The number of ether oxygens (including phenoxy) is 5. The summed E-state index contributed by atoms with van der Waals surface area (Å²) < 4.78 is 29.5. The molecule has 0 aliphatic heterocycles. The second-order valence-electron chi connectivity index (χ2n) is 5.45. The summed E-state index contributed by atoms with van der Waals surface area (Å²) in [6.45, 7) is 4.22. The Kier molecular flexibility index (Phi) is 11.5. The third-order valence-corrected chi connectivity index (χ3v) is 4.32. The summed E-state index contributed by atoms with van der Waals surface area (Å²) in [5.74, 6) is 1.65. The molecule has 0 saturated heterocycles. The summed E-state index contributed by atoms with van der Waals surface area (Å²) in [7, 11) is 0. The zero-order valence-corrected chi connectivity index (χ0v) is 18.2. The predicted molar refractivity (Wildman–Crippen MR) is 112 cm³/mol. The Balaban J connectivity index is 1.33. The minimum absolute atomic E-state index is 0.511. The smallest absolute Gasteiger partial charge is 0.120 e. The summed E-state index contributed by atoms with van der Waals surface area (Å²) in [5.41, 5.74) is 0. The lowest BCUT2D eigenvalue weighted by atomic mass is 10.3. The molecule has 7 heteroatoms. The fourth-order valence-electron chi connectivity index (χ4n) is 2.09. The van der Waals surface area contributed by atoms with Crippen molar-refractivity contribution in [3.05, 3.63) is 57.5 Å². The zero-order valence-electron chi connectivity index (χ0n) is 15.1. The number of benzene rings is 2. The number of hydrogen-bond acceptors (Lipinski definition) is 5. The van der Waals surface area contributed by atoms with E-state index in [0.29, 0.717) is 52.9 Å². The van der Waals surface area contributed by atoms with E-state index in [1.807, 2.05) is 48.5 Å². The van der Waals surface area contributed by atoms with Crippen molar-refractivity contribution in [3.63, 3.8) is 0 Å². The van der Waals surface area contributed by atoms with E-state index in [9.17, 15) is 0 Å². The van der Waals surface area contributed by atoms with Gasteiger partial charge in [-0.25, -0.2) is 0 Å². The van der Waals surface area contributed by atoms with Crippen molar-refractivity contribution < 1.29 is 23.7 Å². The van der Waals surface area contributed by atoms with Crippen LogP contribution in [0, 0.1) is 0 Å². The third kappa shape index (κ3) is 10.7. The lowest BCUT2D eigenvalue weighted by molar-refractivity contribution is 0.00498. The van der Waals surface area contributed by atoms with Crippen LogP contribution in [0.4, 0.5) is 0 Å². The molecule has 0 bridgehead atoms. The van der Waals surface area contributed by atoms with Crippen molar-refractivity contribution in [2.45, 2.75) is 0 Å². The maximum Gasteiger partial charge on any atom is 0.120 e. The lowest BCUT2D eigenvalue weighted by Gasteiger charge is -2.09. The normalized spacial score (nSPS) is 10.7. The maximum atomic E-state index is 5.58. The molecule has 0 spiro atoms. The average molecular weight is 504 g/mol. The molecule has 0 aromatic heterocycles. The zero-order chi connectivity index (χ0) is 19.2. The predicted octanol–water partition coefficient (Wildman–Crippen LogP) is 4.72. The molecule has 148 valence electrons. The molecule has 0 N–H and O–H groups in total. The number of rotatable bonds is 14. The molecule has 27 heavy (non-hydrogen) atoms. The molecular formula is C20H24Br2O5. The molecule has 0 amide bonds. The maximum absolute atomic E-state index is 5.58. The second kappa shape index (κ2) is 14.0. The first-order valence-electron chi connectivity index (χ1n) is 8.74. The van der Waals surface area contributed by atoms with Crippen LogP contribution in [0.2, 0.25) is 0 Å². The van der Waals surface area contributed by atoms with Crippen molar-refractivity contribution in [3.8, 4) is 11.5 Å². The summed E-state index contributed by atoms with van der Waals surface area (Å²) >= 11 is 6.81. The van der Waals surface area contributed by atoms with E-state index < -0.39 is 0 Å². The fraction of sp³-hybridized carbons (Fsp3) is 0.400. The van der Waals surface area contributed by atoms with Crippen molar-refractivity contribution in [2.24, 2.45) is 0 Å². The molecule has 2 aromatic carbocycles. The molecule has 0 saturated carbocycles. The van der Waals surface area contributed by atoms with Gasteiger partial charge in [-0.1, -0.05) is 44.0 Å². The Morgan fingerprint density at radius 1 is 0.519 bits per heavy atom. The van der Waals surface area contributed by atoms with Crippen LogP contribution in [-0.2, 0) is 14.2 Å². The monoisotopic (exact) mass is 502 g/mol. The summed E-state index contributed by atoms with van der Waals surface area (Å²) in [6, 6.07) is 15.5. The van der Waals surface area contributed by atoms with E-state index in [-0.39, 0.29) is 0 Å². The minimum Gasteiger partial charge on any atom is -0.491 e. The molecule has 5 nitrogen and oxygen atoms in total. The Morgan fingerprint density at radius 2 is 0.889 bits per heavy atom. The summed E-state index contributed by atoms with van der Waals surface area (Å²) in [6.07, 6.45) is 0. The highest BCUT2D eigenvalue weighted by molar-refractivity contribution is 9.10. The first-order chi connectivity index (χ1) is 13.2. The van der Waals surface area contributed by atoms with E-state index in [4.69, 9.17) is 23.7 Å². The van der Waals surface area contributed by atoms with Gasteiger partial charge >= 0.3 is 0 Å². The van der Waals surface area contributed by atoms with Crippen LogP contribution in [0.1, 0.15) is 0 Å². The molecule has 0 atom stereocenters. The van der Waals surface area contributed by atoms with E-state index in [1.54, 1.807) is 0 Å². The lowest BCUT2D eigenvalue weighted by Crippen LogP contribution is -2.14. The highest BCUT2D eigenvalue weighted by Gasteiger charge is 1.97. The molecule has 0 heterocycles. The Morgan fingerprint density at radius 3 is 1.26 bits per heavy atom. The van der Waals surface area contributed by atoms with Gasteiger partial charge in [-0.3, -0.25) is 0 Å². The van der Waals surface area contributed by atoms with Crippen LogP contribution in [0.25, 0.3) is 0 Å². The quantitative estimate of drug-likeness (QED) is 0.349. The van der Waals surface area contributed by atoms with Gasteiger partial charge in [0.1, 0.15) is 24.7 Å². The van der Waals surface area contributed by atoms with E-state index >= 15 is 0 Å². The Labute approximate surface area is 177 Å². The van der Waals surface area contributed by atoms with Gasteiger partial charge < -0.3 is 23.7 Å². The van der Waals surface area contributed by atoms with Gasteiger partial charge in [0.15, 0.2) is 0 Å². The van der Waals surface area contributed by atoms with Gasteiger partial charge in [-0.2, -0.15) is 0 Å². The molecule has 0 fully saturated rings. The van der Waals surface area contributed by atoms with Crippen LogP contribution in [0.3, 0.4) is 0 Å². The Hall–Kier alpha value is -1.12. The highest BCUT2D eigenvalue weighted by atomic mass is 79.9. The van der Waals surface area contributed by atoms with E-state index in [2.05, 4.69) is 31.9 Å². The van der Waals surface area contributed by atoms with Crippen molar-refractivity contribution in [1.82, 2.24) is 0 Å². The third-order valence-electron chi connectivity index (χ3n) is 3.33. The van der Waals surface area contributed by atoms with Crippen LogP contribution in [-0.4, -0.2) is 52.9 Å². The fourth-order valence-corrected chi connectivity index (χ4v) is 2.85. The molecule has 0 aliphatic rings. The van der Waals surface area contributed by atoms with Crippen LogP contribution in [0.15, 0.2) is 57.5 Å². The summed E-state index contributed by atoms with van der Waals surface area (Å²) in [5, 5.41) is 0. The molecular weight excluding hydrogens is 480 g/mol. The van der Waals surface area contributed by atoms with Crippen LogP contribution in [0.5, 0.6) is 11.5 Å². The van der Waals surface area contributed by atoms with Gasteiger partial charge in [0.2, 0.25) is 0 Å². The first-order valence-corrected chi connectivity index (χ1v) is 10.3. The van der Waals surface area contributed by atoms with Gasteiger partial charge in [-0.15, -0.1) is 0 Å². The molecule has 0 unspecified atom stereocenters.